The van der Waals surface area contributed by atoms with E-state index in [1.54, 1.807) is 12.1 Å². The van der Waals surface area contributed by atoms with Crippen LogP contribution in [0.2, 0.25) is 0 Å². The molecule has 1 aliphatic heterocycles. The predicted molar refractivity (Wildman–Crippen MR) is 177 cm³/mol. The number of fused-ring (bicyclic) bond motifs is 1. The summed E-state index contributed by atoms with van der Waals surface area (Å²) in [4.78, 5) is 67.0. The molecule has 48 heavy (non-hydrogen) atoms. The summed E-state index contributed by atoms with van der Waals surface area (Å²) in [5, 5.41) is 11.6. The molecule has 0 unspecified atom stereocenters. The molecule has 12 nitrogen and oxygen atoms in total. The van der Waals surface area contributed by atoms with E-state index in [1.807, 2.05) is 30.3 Å². The second-order valence-electron chi connectivity index (χ2n) is 12.5. The number of carbonyl (C=O) groups is 5. The molecule has 5 rings (SSSR count). The number of Topliss-reactive ketones (excluding diaryl/α,β-unsaturated/α-hetero) is 1. The van der Waals surface area contributed by atoms with E-state index >= 15 is 0 Å². The van der Waals surface area contributed by atoms with E-state index in [9.17, 15) is 24.0 Å². The monoisotopic (exact) mass is 660 g/mol. The van der Waals surface area contributed by atoms with Gasteiger partial charge in [0.15, 0.2) is 17.1 Å². The van der Waals surface area contributed by atoms with Gasteiger partial charge in [0.05, 0.1) is 25.6 Å². The number of methoxy groups -OCH3 is 2. The lowest BCUT2D eigenvalue weighted by Gasteiger charge is -2.29. The fourth-order valence-corrected chi connectivity index (χ4v) is 6.61. The van der Waals surface area contributed by atoms with Gasteiger partial charge in [0.1, 0.15) is 11.8 Å². The van der Waals surface area contributed by atoms with Crippen LogP contribution in [0.15, 0.2) is 52.9 Å². The maximum atomic E-state index is 14.0. The summed E-state index contributed by atoms with van der Waals surface area (Å²) in [6, 6.07) is 11.8. The highest BCUT2D eigenvalue weighted by atomic mass is 16.5. The molecule has 3 aromatic rings. The Labute approximate surface area is 279 Å². The molecule has 12 heteroatoms. The first kappa shape index (κ1) is 34.5. The van der Waals surface area contributed by atoms with Crippen LogP contribution in [-0.2, 0) is 25.7 Å². The molecule has 2 aliphatic rings. The predicted octanol–water partition coefficient (Wildman–Crippen LogP) is 3.81. The number of benzene rings is 2. The lowest BCUT2D eigenvalue weighted by Crippen LogP contribution is -2.55. The number of nitrogens with one attached hydrogen (secondary N) is 4. The van der Waals surface area contributed by atoms with Crippen LogP contribution >= 0.6 is 0 Å². The Hall–Kier alpha value is -4.87. The van der Waals surface area contributed by atoms with E-state index in [2.05, 4.69) is 21.3 Å². The smallest absolute Gasteiger partial charge is 0.289 e. The van der Waals surface area contributed by atoms with Crippen LogP contribution in [0.4, 0.5) is 0 Å². The van der Waals surface area contributed by atoms with Gasteiger partial charge in [-0.25, -0.2) is 0 Å². The molecule has 2 fully saturated rings. The quantitative estimate of drug-likeness (QED) is 0.190. The average Bonchev–Trinajstić information content (AvgIpc) is 3.57. The number of hydrogen-bond acceptors (Lipinski definition) is 8. The summed E-state index contributed by atoms with van der Waals surface area (Å²) >= 11 is 0. The highest BCUT2D eigenvalue weighted by Crippen LogP contribution is 2.36. The minimum Gasteiger partial charge on any atom is -0.496 e. The van der Waals surface area contributed by atoms with Crippen LogP contribution < -0.4 is 30.7 Å². The molecule has 1 saturated carbocycles. The third-order valence-corrected chi connectivity index (χ3v) is 9.26. The first-order valence-corrected chi connectivity index (χ1v) is 16.7. The van der Waals surface area contributed by atoms with Gasteiger partial charge in [0.2, 0.25) is 17.6 Å². The number of ether oxygens (including phenoxy) is 2. The number of amides is 4. The number of carbonyl (C=O) groups excluding carboxylic acids is 5. The number of ketones is 1. The van der Waals surface area contributed by atoms with Crippen LogP contribution in [0, 0.1) is 11.8 Å². The largest absolute Gasteiger partial charge is 0.496 e. The molecule has 3 atom stereocenters. The maximum Gasteiger partial charge on any atom is 0.289 e. The van der Waals surface area contributed by atoms with Gasteiger partial charge in [-0.2, -0.15) is 0 Å². The summed E-state index contributed by atoms with van der Waals surface area (Å²) in [5.41, 5.74) is 1.13. The molecule has 1 saturated heterocycles. The SMILES string of the molecule is COc1ccc(OC)c2oc(C(=O)N[C@@H](CC3CCCCC3)C(=O)N[C@@H](C[C@@H]3CCCNC3=O)C(=O)C(=O)NCc3ccccc3)cc12. The van der Waals surface area contributed by atoms with Crippen LogP contribution in [0.5, 0.6) is 11.5 Å². The normalized spacial score (nSPS) is 17.9. The summed E-state index contributed by atoms with van der Waals surface area (Å²) in [6.07, 6.45) is 6.52. The topological polar surface area (TPSA) is 165 Å². The van der Waals surface area contributed by atoms with Gasteiger partial charge in [-0.05, 0) is 49.3 Å². The summed E-state index contributed by atoms with van der Waals surface area (Å²) in [6.45, 7) is 0.663. The second-order valence-corrected chi connectivity index (χ2v) is 12.5. The van der Waals surface area contributed by atoms with Gasteiger partial charge in [-0.15, -0.1) is 0 Å². The van der Waals surface area contributed by atoms with Crippen molar-refractivity contribution in [2.75, 3.05) is 20.8 Å². The zero-order valence-corrected chi connectivity index (χ0v) is 27.5. The minimum atomic E-state index is -1.27. The van der Waals surface area contributed by atoms with Crippen molar-refractivity contribution < 1.29 is 37.9 Å². The Morgan fingerprint density at radius 3 is 2.31 bits per heavy atom. The average molecular weight is 661 g/mol. The zero-order chi connectivity index (χ0) is 34.0. The molecule has 4 N–H and O–H groups in total. The number of rotatable bonds is 14. The van der Waals surface area contributed by atoms with Crippen molar-refractivity contribution in [3.8, 4) is 11.5 Å². The summed E-state index contributed by atoms with van der Waals surface area (Å²) < 4.78 is 16.7. The molecular weight excluding hydrogens is 616 g/mol. The van der Waals surface area contributed by atoms with E-state index in [4.69, 9.17) is 13.9 Å². The van der Waals surface area contributed by atoms with Crippen molar-refractivity contribution in [3.63, 3.8) is 0 Å². The first-order valence-electron chi connectivity index (χ1n) is 16.7. The number of piperidine rings is 1. The van der Waals surface area contributed by atoms with Gasteiger partial charge in [0, 0.05) is 25.1 Å². The lowest BCUT2D eigenvalue weighted by molar-refractivity contribution is -0.141. The zero-order valence-electron chi connectivity index (χ0n) is 27.5. The standard InChI is InChI=1S/C36H44N4O8/c1-46-28-15-16-29(47-2)32-25(28)20-30(48-32)35(44)40-27(18-22-10-5-3-6-11-22)34(43)39-26(19-24-14-9-17-37-33(24)42)31(41)36(45)38-21-23-12-7-4-8-13-23/h4,7-8,12-13,15-16,20,22,24,26-27H,3,5-6,9-11,14,17-19,21H2,1-2H3,(H,37,42)(H,38,45)(H,39,43)(H,40,44)/t24-,26-,27-/m0/s1. The van der Waals surface area contributed by atoms with Crippen LogP contribution in [0.1, 0.15) is 73.9 Å². The van der Waals surface area contributed by atoms with Gasteiger partial charge < -0.3 is 35.2 Å². The number of hydrogen-bond donors (Lipinski definition) is 4. The molecule has 0 spiro atoms. The van der Waals surface area contributed by atoms with Crippen molar-refractivity contribution in [1.29, 1.82) is 0 Å². The van der Waals surface area contributed by atoms with E-state index in [-0.39, 0.29) is 30.6 Å². The minimum absolute atomic E-state index is 0.0393. The molecule has 2 heterocycles. The van der Waals surface area contributed by atoms with Gasteiger partial charge in [-0.3, -0.25) is 24.0 Å². The van der Waals surface area contributed by atoms with Gasteiger partial charge >= 0.3 is 0 Å². The molecule has 2 aromatic carbocycles. The molecule has 1 aliphatic carbocycles. The van der Waals surface area contributed by atoms with E-state index in [0.717, 1.165) is 44.1 Å². The van der Waals surface area contributed by atoms with Gasteiger partial charge in [0.25, 0.3) is 11.8 Å². The van der Waals surface area contributed by atoms with Crippen LogP contribution in [0.3, 0.4) is 0 Å². The molecule has 4 amide bonds. The maximum absolute atomic E-state index is 14.0. The molecular formula is C36H44N4O8. The third-order valence-electron chi connectivity index (χ3n) is 9.26. The second kappa shape index (κ2) is 16.3. The lowest BCUT2D eigenvalue weighted by atomic mass is 9.84. The summed E-state index contributed by atoms with van der Waals surface area (Å²) in [7, 11) is 3.00. The van der Waals surface area contributed by atoms with Crippen LogP contribution in [-0.4, -0.2) is 62.3 Å². The van der Waals surface area contributed by atoms with Gasteiger partial charge in [-0.1, -0.05) is 62.4 Å². The Morgan fingerprint density at radius 1 is 0.875 bits per heavy atom. The number of furan rings is 1. The fourth-order valence-electron chi connectivity index (χ4n) is 6.61. The van der Waals surface area contributed by atoms with Crippen molar-refractivity contribution in [3.05, 3.63) is 59.9 Å². The highest BCUT2D eigenvalue weighted by molar-refractivity contribution is 6.38. The Kier molecular flexibility index (Phi) is 11.7. The van der Waals surface area contributed by atoms with E-state index < -0.39 is 41.5 Å². The van der Waals surface area contributed by atoms with E-state index in [0.29, 0.717) is 41.9 Å². The van der Waals surface area contributed by atoms with Crippen molar-refractivity contribution in [2.24, 2.45) is 11.8 Å². The fraction of sp³-hybridized carbons (Fsp3) is 0.472. The van der Waals surface area contributed by atoms with Crippen molar-refractivity contribution >= 4 is 40.4 Å². The molecule has 0 radical (unpaired) electrons. The van der Waals surface area contributed by atoms with Crippen LogP contribution in [0.25, 0.3) is 11.0 Å². The highest BCUT2D eigenvalue weighted by Gasteiger charge is 2.36. The molecule has 256 valence electrons. The first-order chi connectivity index (χ1) is 23.3. The van der Waals surface area contributed by atoms with Crippen molar-refractivity contribution in [1.82, 2.24) is 21.3 Å². The molecule has 1 aromatic heterocycles. The third kappa shape index (κ3) is 8.53. The molecule has 0 bridgehead atoms. The van der Waals surface area contributed by atoms with E-state index in [1.165, 1.54) is 20.3 Å². The Bertz CT molecular complexity index is 1570. The Balaban J connectivity index is 1.37. The van der Waals surface area contributed by atoms with Crippen molar-refractivity contribution in [2.45, 2.75) is 76.4 Å². The Morgan fingerprint density at radius 2 is 1.60 bits per heavy atom. The summed E-state index contributed by atoms with van der Waals surface area (Å²) in [5.74, 6) is -2.67.